The highest BCUT2D eigenvalue weighted by molar-refractivity contribution is 5.79. The highest BCUT2D eigenvalue weighted by Gasteiger charge is 2.16. The van der Waals surface area contributed by atoms with Crippen LogP contribution in [0.5, 0.6) is 0 Å². The van der Waals surface area contributed by atoms with E-state index in [2.05, 4.69) is 15.4 Å². The predicted octanol–water partition coefficient (Wildman–Crippen LogP) is 1.61. The molecule has 1 atom stereocenters. The maximum atomic E-state index is 11.9. The second-order valence-electron chi connectivity index (χ2n) is 4.64. The Hall–Kier alpha value is -2.37. The number of hydrogen-bond donors (Lipinski definition) is 2. The topological polar surface area (TPSA) is 85.8 Å². The molecule has 1 aromatic heterocycles. The molecule has 6 heteroatoms. The van der Waals surface area contributed by atoms with Gasteiger partial charge in [0.25, 0.3) is 0 Å². The number of nitrogens with two attached hydrogens (primary N) is 1. The molecule has 106 valence electrons. The van der Waals surface area contributed by atoms with Crippen molar-refractivity contribution in [3.8, 4) is 11.4 Å². The molecule has 1 unspecified atom stereocenters. The van der Waals surface area contributed by atoms with Gasteiger partial charge in [-0.2, -0.15) is 5.10 Å². The largest absolute Gasteiger partial charge is 0.399 e. The molecule has 0 fully saturated rings. The van der Waals surface area contributed by atoms with Crippen molar-refractivity contribution in [2.75, 3.05) is 12.3 Å². The molecule has 0 saturated carbocycles. The van der Waals surface area contributed by atoms with Crippen LogP contribution in [0.15, 0.2) is 30.6 Å². The summed E-state index contributed by atoms with van der Waals surface area (Å²) in [6.45, 7) is 4.48. The number of carbonyl (C=O) groups is 1. The van der Waals surface area contributed by atoms with Gasteiger partial charge in [0, 0.05) is 17.8 Å². The van der Waals surface area contributed by atoms with Crippen molar-refractivity contribution in [3.63, 3.8) is 0 Å². The molecule has 6 nitrogen and oxygen atoms in total. The lowest BCUT2D eigenvalue weighted by Gasteiger charge is -2.11. The molecule has 0 radical (unpaired) electrons. The lowest BCUT2D eigenvalue weighted by Crippen LogP contribution is -2.31. The number of rotatable bonds is 5. The van der Waals surface area contributed by atoms with Gasteiger partial charge in [-0.1, -0.05) is 6.92 Å². The van der Waals surface area contributed by atoms with Gasteiger partial charge in [0.05, 0.1) is 0 Å². The van der Waals surface area contributed by atoms with Crippen molar-refractivity contribution in [1.29, 1.82) is 0 Å². The zero-order chi connectivity index (χ0) is 14.5. The van der Waals surface area contributed by atoms with Gasteiger partial charge < -0.3 is 11.1 Å². The van der Waals surface area contributed by atoms with Gasteiger partial charge in [-0.05, 0) is 37.6 Å². The Bertz CT molecular complexity index is 576. The molecule has 0 aliphatic rings. The smallest absolute Gasteiger partial charge is 0.244 e. The number of hydrogen-bond acceptors (Lipinski definition) is 4. The van der Waals surface area contributed by atoms with Crippen LogP contribution in [0.2, 0.25) is 0 Å². The van der Waals surface area contributed by atoms with Crippen molar-refractivity contribution in [3.05, 3.63) is 30.6 Å². The lowest BCUT2D eigenvalue weighted by molar-refractivity contribution is -0.124. The minimum absolute atomic E-state index is 0.0550. The summed E-state index contributed by atoms with van der Waals surface area (Å²) < 4.78 is 1.57. The Morgan fingerprint density at radius 2 is 2.10 bits per heavy atom. The maximum Gasteiger partial charge on any atom is 0.244 e. The average Bonchev–Trinajstić information content (AvgIpc) is 2.94. The fourth-order valence-electron chi connectivity index (χ4n) is 1.74. The second kappa shape index (κ2) is 6.18. The van der Waals surface area contributed by atoms with E-state index in [4.69, 9.17) is 5.73 Å². The third-order valence-electron chi connectivity index (χ3n) is 3.00. The summed E-state index contributed by atoms with van der Waals surface area (Å²) in [7, 11) is 0. The molecule has 0 aliphatic heterocycles. The zero-order valence-electron chi connectivity index (χ0n) is 11.7. The quantitative estimate of drug-likeness (QED) is 0.810. The third-order valence-corrected chi connectivity index (χ3v) is 3.00. The fourth-order valence-corrected chi connectivity index (χ4v) is 1.74. The van der Waals surface area contributed by atoms with Crippen LogP contribution in [0.25, 0.3) is 11.4 Å². The molecule has 2 aromatic rings. The van der Waals surface area contributed by atoms with E-state index in [1.54, 1.807) is 30.1 Å². The van der Waals surface area contributed by atoms with Gasteiger partial charge in [-0.3, -0.25) is 4.79 Å². The van der Waals surface area contributed by atoms with Gasteiger partial charge in [0.1, 0.15) is 12.4 Å². The molecular formula is C14H19N5O. The van der Waals surface area contributed by atoms with E-state index in [9.17, 15) is 4.79 Å². The molecule has 0 saturated heterocycles. The number of benzene rings is 1. The summed E-state index contributed by atoms with van der Waals surface area (Å²) in [5.41, 5.74) is 7.21. The second-order valence-corrected chi connectivity index (χ2v) is 4.64. The number of carbonyl (C=O) groups excluding carboxylic acids is 1. The standard InChI is InChI=1S/C14H19N5O/c1-3-8-16-14(20)10(2)19-9-17-13(18-19)11-4-6-12(15)7-5-11/h4-7,9-10H,3,8,15H2,1-2H3,(H,16,20). The number of aromatic nitrogens is 3. The first kappa shape index (κ1) is 14.0. The van der Waals surface area contributed by atoms with Crippen molar-refractivity contribution in [1.82, 2.24) is 20.1 Å². The first-order chi connectivity index (χ1) is 9.61. The van der Waals surface area contributed by atoms with Crippen molar-refractivity contribution >= 4 is 11.6 Å². The van der Waals surface area contributed by atoms with Crippen LogP contribution in [0.1, 0.15) is 26.3 Å². The minimum atomic E-state index is -0.378. The van der Waals surface area contributed by atoms with E-state index in [-0.39, 0.29) is 11.9 Å². The maximum absolute atomic E-state index is 11.9. The predicted molar refractivity (Wildman–Crippen MR) is 77.9 cm³/mol. The van der Waals surface area contributed by atoms with Crippen LogP contribution >= 0.6 is 0 Å². The SMILES string of the molecule is CCCNC(=O)C(C)n1cnc(-c2ccc(N)cc2)n1. The van der Waals surface area contributed by atoms with E-state index in [1.165, 1.54) is 0 Å². The summed E-state index contributed by atoms with van der Waals surface area (Å²) in [6.07, 6.45) is 2.48. The molecule has 1 amide bonds. The number of nitrogen functional groups attached to an aromatic ring is 1. The van der Waals surface area contributed by atoms with Gasteiger partial charge >= 0.3 is 0 Å². The normalized spacial score (nSPS) is 12.1. The first-order valence-corrected chi connectivity index (χ1v) is 6.66. The van der Waals surface area contributed by atoms with E-state index < -0.39 is 0 Å². The van der Waals surface area contributed by atoms with Crippen LogP contribution in [-0.2, 0) is 4.79 Å². The van der Waals surface area contributed by atoms with Crippen LogP contribution in [0.4, 0.5) is 5.69 Å². The summed E-state index contributed by atoms with van der Waals surface area (Å²) in [6, 6.07) is 6.94. The zero-order valence-corrected chi connectivity index (χ0v) is 11.7. The highest BCUT2D eigenvalue weighted by atomic mass is 16.2. The molecule has 20 heavy (non-hydrogen) atoms. The molecule has 1 aromatic carbocycles. The van der Waals surface area contributed by atoms with Crippen molar-refractivity contribution < 1.29 is 4.79 Å². The van der Waals surface area contributed by atoms with Crippen LogP contribution < -0.4 is 11.1 Å². The van der Waals surface area contributed by atoms with E-state index in [0.29, 0.717) is 18.1 Å². The van der Waals surface area contributed by atoms with Crippen LogP contribution in [0.3, 0.4) is 0 Å². The molecule has 1 heterocycles. The van der Waals surface area contributed by atoms with E-state index in [0.717, 1.165) is 12.0 Å². The van der Waals surface area contributed by atoms with Gasteiger partial charge in [0.2, 0.25) is 5.91 Å². The monoisotopic (exact) mass is 273 g/mol. The molecule has 3 N–H and O–H groups in total. The van der Waals surface area contributed by atoms with Crippen molar-refractivity contribution in [2.24, 2.45) is 0 Å². The van der Waals surface area contributed by atoms with Gasteiger partial charge in [0.15, 0.2) is 5.82 Å². The van der Waals surface area contributed by atoms with E-state index >= 15 is 0 Å². The summed E-state index contributed by atoms with van der Waals surface area (Å²) in [5.74, 6) is 0.528. The number of anilines is 1. The number of nitrogens with one attached hydrogen (secondary N) is 1. The molecule has 0 aliphatic carbocycles. The Morgan fingerprint density at radius 3 is 2.75 bits per heavy atom. The fraction of sp³-hybridized carbons (Fsp3) is 0.357. The lowest BCUT2D eigenvalue weighted by atomic mass is 10.2. The first-order valence-electron chi connectivity index (χ1n) is 6.66. The third kappa shape index (κ3) is 3.14. The Labute approximate surface area is 118 Å². The summed E-state index contributed by atoms with van der Waals surface area (Å²) >= 11 is 0. The summed E-state index contributed by atoms with van der Waals surface area (Å²) in [5, 5.41) is 7.19. The van der Waals surface area contributed by atoms with Crippen LogP contribution in [0, 0.1) is 0 Å². The Balaban J connectivity index is 2.12. The number of amides is 1. The van der Waals surface area contributed by atoms with Gasteiger partial charge in [-0.25, -0.2) is 9.67 Å². The van der Waals surface area contributed by atoms with Gasteiger partial charge in [-0.15, -0.1) is 0 Å². The van der Waals surface area contributed by atoms with E-state index in [1.807, 2.05) is 19.1 Å². The average molecular weight is 273 g/mol. The summed E-state index contributed by atoms with van der Waals surface area (Å²) in [4.78, 5) is 16.1. The molecule has 0 spiro atoms. The highest BCUT2D eigenvalue weighted by Crippen LogP contribution is 2.17. The Kier molecular flexibility index (Phi) is 4.34. The van der Waals surface area contributed by atoms with Crippen LogP contribution in [-0.4, -0.2) is 27.2 Å². The molecule has 2 rings (SSSR count). The minimum Gasteiger partial charge on any atom is -0.399 e. The Morgan fingerprint density at radius 1 is 1.40 bits per heavy atom. The molecule has 0 bridgehead atoms. The van der Waals surface area contributed by atoms with Crippen molar-refractivity contribution in [2.45, 2.75) is 26.3 Å². The molecular weight excluding hydrogens is 254 g/mol. The number of nitrogens with zero attached hydrogens (tertiary/aromatic N) is 3.